The average Bonchev–Trinajstić information content (AvgIpc) is 2.81. The van der Waals surface area contributed by atoms with Crippen molar-refractivity contribution in [2.75, 3.05) is 23.4 Å². The summed E-state index contributed by atoms with van der Waals surface area (Å²) in [5, 5.41) is 5.61. The molecule has 2 amide bonds. The van der Waals surface area contributed by atoms with E-state index in [-0.39, 0.29) is 18.4 Å². The quantitative estimate of drug-likeness (QED) is 0.606. The Hall–Kier alpha value is -3.94. The minimum Gasteiger partial charge on any atom is -0.482 e. The maximum Gasteiger partial charge on any atom is 0.262 e. The summed E-state index contributed by atoms with van der Waals surface area (Å²) in [5.74, 6) is 0.00662. The lowest BCUT2D eigenvalue weighted by Gasteiger charge is -2.32. The van der Waals surface area contributed by atoms with Gasteiger partial charge >= 0.3 is 0 Å². The van der Waals surface area contributed by atoms with E-state index in [9.17, 15) is 19.2 Å². The minimum absolute atomic E-state index is 0.0690. The Morgan fingerprint density at radius 3 is 2.75 bits per heavy atom. The smallest absolute Gasteiger partial charge is 0.262 e. The molecule has 0 fully saturated rings. The number of amides is 2. The lowest BCUT2D eigenvalue weighted by Crippen LogP contribution is -2.44. The van der Waals surface area contributed by atoms with E-state index in [1.807, 2.05) is 17.0 Å². The van der Waals surface area contributed by atoms with Crippen LogP contribution >= 0.6 is 0 Å². The summed E-state index contributed by atoms with van der Waals surface area (Å²) in [6, 6.07) is 11.0. The number of carbonyl (C=O) groups excluding carboxylic acids is 2. The molecule has 8 nitrogen and oxygen atoms in total. The van der Waals surface area contributed by atoms with Crippen molar-refractivity contribution in [3.63, 3.8) is 0 Å². The highest BCUT2D eigenvalue weighted by molar-refractivity contribution is 5.99. The third-order valence-corrected chi connectivity index (χ3v) is 6.05. The van der Waals surface area contributed by atoms with Crippen LogP contribution in [0.1, 0.15) is 32.6 Å². The van der Waals surface area contributed by atoms with Crippen molar-refractivity contribution in [1.82, 2.24) is 5.32 Å². The molecule has 0 saturated carbocycles. The topological polar surface area (TPSA) is 105 Å². The van der Waals surface area contributed by atoms with E-state index in [4.69, 9.17) is 4.74 Å². The van der Waals surface area contributed by atoms with Crippen LogP contribution in [-0.4, -0.2) is 25.0 Å². The normalized spacial score (nSPS) is 14.9. The molecule has 3 aromatic rings. The standard InChI is InChI=1S/C24H21N3O5/c1-13-21(23(30)22(13)29)27-7-6-15-3-2-14(8-17(15)11-27)10-25-24(31)16-4-5-18-19(9-16)32-12-20(28)26-18/h2-5,8-9H,6-7,10-12H2,1H3,(H,25,31)(H,26,28). The van der Waals surface area contributed by atoms with E-state index in [0.717, 1.165) is 17.5 Å². The Morgan fingerprint density at radius 2 is 1.94 bits per heavy atom. The zero-order chi connectivity index (χ0) is 22.4. The van der Waals surface area contributed by atoms with E-state index in [1.165, 1.54) is 5.56 Å². The molecule has 8 heteroatoms. The van der Waals surface area contributed by atoms with E-state index in [1.54, 1.807) is 25.1 Å². The predicted molar refractivity (Wildman–Crippen MR) is 119 cm³/mol. The molecule has 32 heavy (non-hydrogen) atoms. The van der Waals surface area contributed by atoms with Crippen molar-refractivity contribution in [2.45, 2.75) is 26.4 Å². The Bertz CT molecular complexity index is 1340. The zero-order valence-electron chi connectivity index (χ0n) is 17.5. The molecule has 0 aromatic heterocycles. The van der Waals surface area contributed by atoms with E-state index in [0.29, 0.717) is 47.9 Å². The zero-order valence-corrected chi connectivity index (χ0v) is 17.5. The van der Waals surface area contributed by atoms with Gasteiger partial charge in [0.1, 0.15) is 5.75 Å². The Balaban J connectivity index is 1.27. The average molecular weight is 431 g/mol. The van der Waals surface area contributed by atoms with Gasteiger partial charge in [-0.3, -0.25) is 19.2 Å². The summed E-state index contributed by atoms with van der Waals surface area (Å²) < 4.78 is 5.37. The second-order valence-corrected chi connectivity index (χ2v) is 8.14. The van der Waals surface area contributed by atoms with Gasteiger partial charge in [0.15, 0.2) is 6.61 Å². The fraction of sp³-hybridized carbons (Fsp3) is 0.250. The molecule has 0 radical (unpaired) electrons. The third kappa shape index (κ3) is 3.43. The summed E-state index contributed by atoms with van der Waals surface area (Å²) in [5.41, 5.74) is 4.52. The van der Waals surface area contributed by atoms with Crippen molar-refractivity contribution in [1.29, 1.82) is 0 Å². The fourth-order valence-electron chi connectivity index (χ4n) is 4.29. The number of anilines is 2. The van der Waals surface area contributed by atoms with Gasteiger partial charge < -0.3 is 20.3 Å². The molecule has 3 aromatic carbocycles. The molecule has 0 saturated heterocycles. The molecule has 0 spiro atoms. The first-order chi connectivity index (χ1) is 15.4. The van der Waals surface area contributed by atoms with Crippen LogP contribution in [0.2, 0.25) is 0 Å². The first-order valence-corrected chi connectivity index (χ1v) is 10.4. The number of nitrogens with zero attached hydrogens (tertiary/aromatic N) is 1. The first-order valence-electron chi connectivity index (χ1n) is 10.4. The molecule has 5 rings (SSSR count). The Morgan fingerprint density at radius 1 is 1.09 bits per heavy atom. The van der Waals surface area contributed by atoms with Crippen molar-refractivity contribution >= 4 is 23.2 Å². The van der Waals surface area contributed by atoms with Crippen LogP contribution in [0.15, 0.2) is 46.0 Å². The molecule has 0 bridgehead atoms. The molecular formula is C24H21N3O5. The maximum absolute atomic E-state index is 12.6. The monoisotopic (exact) mass is 431 g/mol. The van der Waals surface area contributed by atoms with Gasteiger partial charge in [0.2, 0.25) is 10.9 Å². The van der Waals surface area contributed by atoms with Gasteiger partial charge in [-0.2, -0.15) is 0 Å². The molecule has 2 aliphatic rings. The first kappa shape index (κ1) is 20.0. The molecule has 162 valence electrons. The number of hydrogen-bond donors (Lipinski definition) is 2. The number of ether oxygens (including phenoxy) is 1. The molecule has 0 aliphatic carbocycles. The molecule has 0 atom stereocenters. The van der Waals surface area contributed by atoms with Crippen molar-refractivity contribution in [2.24, 2.45) is 0 Å². The molecule has 0 unspecified atom stereocenters. The Kier molecular flexibility index (Phi) is 4.77. The highest BCUT2D eigenvalue weighted by atomic mass is 16.5. The van der Waals surface area contributed by atoms with Crippen molar-refractivity contribution in [3.05, 3.63) is 84.7 Å². The van der Waals surface area contributed by atoms with Gasteiger partial charge in [-0.1, -0.05) is 18.2 Å². The lowest BCUT2D eigenvalue weighted by molar-refractivity contribution is -0.118. The molecule has 2 heterocycles. The molecule has 2 N–H and O–H groups in total. The van der Waals surface area contributed by atoms with E-state index >= 15 is 0 Å². The van der Waals surface area contributed by atoms with E-state index in [2.05, 4.69) is 16.7 Å². The number of nitrogens with one attached hydrogen (secondary N) is 2. The summed E-state index contributed by atoms with van der Waals surface area (Å²) in [6.45, 7) is 3.24. The van der Waals surface area contributed by atoms with Gasteiger partial charge in [-0.25, -0.2) is 0 Å². The largest absolute Gasteiger partial charge is 0.482 e. The predicted octanol–water partition coefficient (Wildman–Crippen LogP) is 1.41. The number of rotatable bonds is 4. The summed E-state index contributed by atoms with van der Waals surface area (Å²) in [6.07, 6.45) is 0.798. The van der Waals surface area contributed by atoms with Crippen LogP contribution in [-0.2, 0) is 24.3 Å². The van der Waals surface area contributed by atoms with Crippen LogP contribution in [0.3, 0.4) is 0 Å². The summed E-state index contributed by atoms with van der Waals surface area (Å²) >= 11 is 0. The van der Waals surface area contributed by atoms with Gasteiger partial charge in [0.05, 0.1) is 11.4 Å². The highest BCUT2D eigenvalue weighted by Gasteiger charge is 2.26. The maximum atomic E-state index is 12.6. The molecule has 2 aliphatic heterocycles. The van der Waals surface area contributed by atoms with Crippen molar-refractivity contribution < 1.29 is 14.3 Å². The number of carbonyl (C=O) groups is 2. The van der Waals surface area contributed by atoms with Crippen LogP contribution < -0.4 is 31.1 Å². The van der Waals surface area contributed by atoms with Crippen LogP contribution in [0.25, 0.3) is 0 Å². The second-order valence-electron chi connectivity index (χ2n) is 8.14. The van der Waals surface area contributed by atoms with Crippen LogP contribution in [0, 0.1) is 6.92 Å². The van der Waals surface area contributed by atoms with Gasteiger partial charge in [-0.05, 0) is 48.2 Å². The van der Waals surface area contributed by atoms with Crippen LogP contribution in [0.4, 0.5) is 11.4 Å². The van der Waals surface area contributed by atoms with Gasteiger partial charge in [0, 0.05) is 30.8 Å². The number of benzene rings is 2. The number of hydrogen-bond acceptors (Lipinski definition) is 6. The minimum atomic E-state index is -0.400. The second kappa shape index (κ2) is 7.64. The van der Waals surface area contributed by atoms with Gasteiger partial charge in [0.25, 0.3) is 11.8 Å². The summed E-state index contributed by atoms with van der Waals surface area (Å²) in [4.78, 5) is 49.5. The van der Waals surface area contributed by atoms with E-state index < -0.39 is 10.9 Å². The molecular weight excluding hydrogens is 410 g/mol. The SMILES string of the molecule is Cc1c(N2CCc3ccc(CNC(=O)c4ccc5c(c4)OCC(=O)N5)cc3C2)c(=O)c1=O. The summed E-state index contributed by atoms with van der Waals surface area (Å²) in [7, 11) is 0. The Labute approximate surface area is 183 Å². The van der Waals surface area contributed by atoms with Crippen molar-refractivity contribution in [3.8, 4) is 5.75 Å². The third-order valence-electron chi connectivity index (χ3n) is 6.05. The van der Waals surface area contributed by atoms with Crippen LogP contribution in [0.5, 0.6) is 5.75 Å². The van der Waals surface area contributed by atoms with Gasteiger partial charge in [-0.15, -0.1) is 0 Å². The highest BCUT2D eigenvalue weighted by Crippen LogP contribution is 2.29. The lowest BCUT2D eigenvalue weighted by atomic mass is 9.95. The fourth-order valence-corrected chi connectivity index (χ4v) is 4.29. The number of fused-ring (bicyclic) bond motifs is 2.